The smallest absolute Gasteiger partial charge is 0.416 e. The van der Waals surface area contributed by atoms with Crippen LogP contribution in [0.5, 0.6) is 11.5 Å². The number of ether oxygens (including phenoxy) is 2. The Labute approximate surface area is 167 Å². The topological polar surface area (TPSA) is 52.0 Å². The van der Waals surface area contributed by atoms with Crippen LogP contribution >= 0.6 is 0 Å². The first kappa shape index (κ1) is 21.0. The molecule has 1 unspecified atom stereocenters. The summed E-state index contributed by atoms with van der Waals surface area (Å²) in [4.78, 5) is 13.2. The van der Waals surface area contributed by atoms with Crippen LogP contribution in [0.25, 0.3) is 0 Å². The Balaban J connectivity index is 1.52. The second-order valence-electron chi connectivity index (χ2n) is 7.20. The van der Waals surface area contributed by atoms with Gasteiger partial charge in [-0.1, -0.05) is 18.2 Å². The van der Waals surface area contributed by atoms with Crippen LogP contribution in [0.4, 0.5) is 13.2 Å². The molecule has 156 valence electrons. The molecule has 1 aliphatic rings. The molecule has 5 nitrogen and oxygen atoms in total. The number of fused-ring (bicyclic) bond motifs is 1. The number of hydrogen-bond donors (Lipinski definition) is 2. The van der Waals surface area contributed by atoms with Crippen molar-refractivity contribution >= 4 is 5.91 Å². The van der Waals surface area contributed by atoms with Crippen LogP contribution in [0.2, 0.25) is 0 Å². The highest BCUT2D eigenvalue weighted by Crippen LogP contribution is 2.32. The van der Waals surface area contributed by atoms with Gasteiger partial charge in [0.05, 0.1) is 18.7 Å². The van der Waals surface area contributed by atoms with Crippen LogP contribution in [-0.4, -0.2) is 32.7 Å². The second-order valence-corrected chi connectivity index (χ2v) is 7.20. The van der Waals surface area contributed by atoms with Gasteiger partial charge in [-0.15, -0.1) is 0 Å². The van der Waals surface area contributed by atoms with Crippen molar-refractivity contribution in [3.05, 3.63) is 59.2 Å². The number of benzene rings is 2. The standard InChI is InChI=1S/C21H23F3N2O3/c1-14(16-5-8-18-19(11-16)29-10-9-28-18)25-20(27)13-26(2)12-15-3-6-17(7-4-15)21(22,23)24/h3-8,11,14H,9-10,12-13H2,1-2H3,(H,25,27)/p+1/t14-/m0/s1. The lowest BCUT2D eigenvalue weighted by Gasteiger charge is -2.21. The molecule has 0 bridgehead atoms. The lowest BCUT2D eigenvalue weighted by molar-refractivity contribution is -0.885. The van der Waals surface area contributed by atoms with Gasteiger partial charge in [-0.05, 0) is 36.8 Å². The van der Waals surface area contributed by atoms with E-state index in [-0.39, 0.29) is 18.5 Å². The number of nitrogens with one attached hydrogen (secondary N) is 2. The number of rotatable bonds is 6. The van der Waals surface area contributed by atoms with Crippen LogP contribution in [0.15, 0.2) is 42.5 Å². The van der Waals surface area contributed by atoms with Crippen molar-refractivity contribution in [1.29, 1.82) is 0 Å². The van der Waals surface area contributed by atoms with Crippen molar-refractivity contribution in [3.8, 4) is 11.5 Å². The summed E-state index contributed by atoms with van der Waals surface area (Å²) in [6.07, 6.45) is -4.35. The monoisotopic (exact) mass is 409 g/mol. The molecule has 29 heavy (non-hydrogen) atoms. The number of amides is 1. The number of carbonyl (C=O) groups excluding carboxylic acids is 1. The van der Waals surface area contributed by atoms with E-state index in [0.717, 1.165) is 28.2 Å². The van der Waals surface area contributed by atoms with E-state index in [9.17, 15) is 18.0 Å². The minimum Gasteiger partial charge on any atom is -0.486 e. The van der Waals surface area contributed by atoms with Crippen LogP contribution in [0, 0.1) is 0 Å². The molecular formula is C21H24F3N2O3+. The molecule has 1 amide bonds. The van der Waals surface area contributed by atoms with Gasteiger partial charge < -0.3 is 19.7 Å². The first-order valence-electron chi connectivity index (χ1n) is 9.38. The van der Waals surface area contributed by atoms with Crippen molar-refractivity contribution in [2.24, 2.45) is 0 Å². The zero-order valence-corrected chi connectivity index (χ0v) is 16.3. The normalized spacial score (nSPS) is 15.5. The van der Waals surface area contributed by atoms with Crippen molar-refractivity contribution in [1.82, 2.24) is 5.32 Å². The average Bonchev–Trinajstić information content (AvgIpc) is 2.67. The Morgan fingerprint density at radius 2 is 1.76 bits per heavy atom. The molecule has 8 heteroatoms. The van der Waals surface area contributed by atoms with Crippen LogP contribution in [0.1, 0.15) is 29.7 Å². The summed E-state index contributed by atoms with van der Waals surface area (Å²) in [6.45, 7) is 3.55. The molecular weight excluding hydrogens is 385 g/mol. The molecule has 2 aromatic rings. The lowest BCUT2D eigenvalue weighted by atomic mass is 10.1. The minimum atomic E-state index is -4.35. The van der Waals surface area contributed by atoms with E-state index < -0.39 is 11.7 Å². The molecule has 1 aliphatic heterocycles. The summed E-state index contributed by atoms with van der Waals surface area (Å²) in [5.74, 6) is 1.22. The highest BCUT2D eigenvalue weighted by atomic mass is 19.4. The third-order valence-electron chi connectivity index (χ3n) is 4.69. The van der Waals surface area contributed by atoms with Gasteiger partial charge in [0, 0.05) is 5.56 Å². The van der Waals surface area contributed by atoms with Crippen molar-refractivity contribution in [2.75, 3.05) is 26.8 Å². The van der Waals surface area contributed by atoms with E-state index in [4.69, 9.17) is 9.47 Å². The zero-order chi connectivity index (χ0) is 21.0. The maximum absolute atomic E-state index is 12.6. The minimum absolute atomic E-state index is 0.142. The summed E-state index contributed by atoms with van der Waals surface area (Å²) in [7, 11) is 1.83. The van der Waals surface area contributed by atoms with E-state index in [1.54, 1.807) is 0 Å². The molecule has 0 spiro atoms. The summed E-state index contributed by atoms with van der Waals surface area (Å²) >= 11 is 0. The zero-order valence-electron chi connectivity index (χ0n) is 16.3. The molecule has 2 atom stereocenters. The van der Waals surface area contributed by atoms with Crippen molar-refractivity contribution in [3.63, 3.8) is 0 Å². The molecule has 0 aliphatic carbocycles. The Kier molecular flexibility index (Phi) is 6.32. The molecule has 2 N–H and O–H groups in total. The first-order valence-corrected chi connectivity index (χ1v) is 9.38. The summed E-state index contributed by atoms with van der Waals surface area (Å²) in [6, 6.07) is 10.4. The maximum atomic E-state index is 12.6. The molecule has 0 aromatic heterocycles. The highest BCUT2D eigenvalue weighted by molar-refractivity contribution is 5.77. The molecule has 1 heterocycles. The van der Waals surface area contributed by atoms with Crippen molar-refractivity contribution < 1.29 is 32.3 Å². The SMILES string of the molecule is C[C@H](NC(=O)C[NH+](C)Cc1ccc(C(F)(F)F)cc1)c1ccc2c(c1)OCCO2. The Morgan fingerprint density at radius 1 is 1.10 bits per heavy atom. The number of alkyl halides is 3. The Hall–Kier alpha value is -2.74. The van der Waals surface area contributed by atoms with Crippen molar-refractivity contribution in [2.45, 2.75) is 25.7 Å². The predicted molar refractivity (Wildman–Crippen MR) is 101 cm³/mol. The van der Waals surface area contributed by atoms with Gasteiger partial charge in [0.25, 0.3) is 5.91 Å². The molecule has 2 aromatic carbocycles. The third-order valence-corrected chi connectivity index (χ3v) is 4.69. The molecule has 0 saturated heterocycles. The fourth-order valence-corrected chi connectivity index (χ4v) is 3.20. The fourth-order valence-electron chi connectivity index (χ4n) is 3.20. The second kappa shape index (κ2) is 8.73. The largest absolute Gasteiger partial charge is 0.486 e. The summed E-state index contributed by atoms with van der Waals surface area (Å²) < 4.78 is 49.0. The maximum Gasteiger partial charge on any atom is 0.416 e. The summed E-state index contributed by atoms with van der Waals surface area (Å²) in [5, 5.41) is 2.94. The number of carbonyl (C=O) groups is 1. The van der Waals surface area contributed by atoms with Gasteiger partial charge in [0.1, 0.15) is 19.8 Å². The van der Waals surface area contributed by atoms with Gasteiger partial charge in [-0.2, -0.15) is 13.2 Å². The molecule has 0 fully saturated rings. The lowest BCUT2D eigenvalue weighted by Crippen LogP contribution is -3.08. The fraction of sp³-hybridized carbons (Fsp3) is 0.381. The Bertz CT molecular complexity index is 853. The van der Waals surface area contributed by atoms with Gasteiger partial charge in [-0.25, -0.2) is 0 Å². The predicted octanol–water partition coefficient (Wildman–Crippen LogP) is 2.37. The first-order chi connectivity index (χ1) is 13.7. The highest BCUT2D eigenvalue weighted by Gasteiger charge is 2.30. The number of hydrogen-bond acceptors (Lipinski definition) is 3. The quantitative estimate of drug-likeness (QED) is 0.770. The van der Waals surface area contributed by atoms with Gasteiger partial charge in [0.15, 0.2) is 18.0 Å². The molecule has 3 rings (SSSR count). The van der Waals surface area contributed by atoms with Crippen LogP contribution < -0.4 is 19.7 Å². The average molecular weight is 409 g/mol. The third kappa shape index (κ3) is 5.63. The summed E-state index contributed by atoms with van der Waals surface area (Å²) in [5.41, 5.74) is 0.969. The van der Waals surface area contributed by atoms with Crippen LogP contribution in [0.3, 0.4) is 0 Å². The van der Waals surface area contributed by atoms with E-state index in [2.05, 4.69) is 5.32 Å². The number of halogens is 3. The Morgan fingerprint density at radius 3 is 2.41 bits per heavy atom. The number of quaternary nitrogens is 1. The molecule has 0 radical (unpaired) electrons. The van der Waals surface area contributed by atoms with Gasteiger partial charge in [0.2, 0.25) is 0 Å². The van der Waals surface area contributed by atoms with Gasteiger partial charge in [-0.3, -0.25) is 4.79 Å². The number of likely N-dealkylation sites (N-methyl/N-ethyl adjacent to an activating group) is 1. The van der Waals surface area contributed by atoms with E-state index in [0.29, 0.717) is 31.3 Å². The molecule has 0 saturated carbocycles. The van der Waals surface area contributed by atoms with Gasteiger partial charge >= 0.3 is 6.18 Å². The van der Waals surface area contributed by atoms with Crippen LogP contribution in [-0.2, 0) is 17.5 Å². The van der Waals surface area contributed by atoms with E-state index in [1.165, 1.54) is 12.1 Å². The van der Waals surface area contributed by atoms with E-state index in [1.807, 2.05) is 32.2 Å². The van der Waals surface area contributed by atoms with E-state index >= 15 is 0 Å².